The minimum atomic E-state index is -0.228. The van der Waals surface area contributed by atoms with Crippen molar-refractivity contribution in [3.05, 3.63) is 84.1 Å². The Morgan fingerprint density at radius 3 is 2.00 bits per heavy atom. The number of thioether (sulfide) groups is 1. The summed E-state index contributed by atoms with van der Waals surface area (Å²) in [6, 6.07) is 19.4. The molecule has 0 bridgehead atoms. The minimum absolute atomic E-state index is 0.191. The van der Waals surface area contributed by atoms with Crippen molar-refractivity contribution in [1.82, 2.24) is 4.98 Å². The van der Waals surface area contributed by atoms with Crippen molar-refractivity contribution in [2.45, 2.75) is 11.9 Å². The second-order valence-corrected chi connectivity index (χ2v) is 6.95. The van der Waals surface area contributed by atoms with Gasteiger partial charge in [-0.3, -0.25) is 9.59 Å². The van der Waals surface area contributed by atoms with Gasteiger partial charge in [-0.1, -0.05) is 25.1 Å². The lowest BCUT2D eigenvalue weighted by Gasteiger charge is -2.08. The predicted molar refractivity (Wildman–Crippen MR) is 109 cm³/mol. The number of aromatic nitrogens is 1. The van der Waals surface area contributed by atoms with Crippen molar-refractivity contribution < 1.29 is 9.59 Å². The standard InChI is InChI=1S/C21H19N3O2S/c1-2-27-19-13-12-18(14-22-19)24-21(26)16-8-10-17(11-9-16)23-20(25)15-6-4-3-5-7-15/h3-14H,2H2,1H3,(H,23,25)(H,24,26). The summed E-state index contributed by atoms with van der Waals surface area (Å²) in [6.45, 7) is 2.06. The molecule has 0 fully saturated rings. The van der Waals surface area contributed by atoms with Crippen LogP contribution in [0.3, 0.4) is 0 Å². The maximum Gasteiger partial charge on any atom is 0.255 e. The monoisotopic (exact) mass is 377 g/mol. The lowest BCUT2D eigenvalue weighted by molar-refractivity contribution is 0.102. The van der Waals surface area contributed by atoms with Gasteiger partial charge < -0.3 is 10.6 Å². The Hall–Kier alpha value is -3.12. The molecule has 6 heteroatoms. The Bertz CT molecular complexity index is 910. The van der Waals surface area contributed by atoms with Crippen LogP contribution in [0.25, 0.3) is 0 Å². The van der Waals surface area contributed by atoms with Crippen LogP contribution >= 0.6 is 11.8 Å². The molecule has 27 heavy (non-hydrogen) atoms. The molecular weight excluding hydrogens is 358 g/mol. The molecular formula is C21H19N3O2S. The van der Waals surface area contributed by atoms with Crippen LogP contribution in [0.1, 0.15) is 27.6 Å². The zero-order valence-electron chi connectivity index (χ0n) is 14.8. The number of nitrogens with one attached hydrogen (secondary N) is 2. The number of amides is 2. The Morgan fingerprint density at radius 2 is 1.41 bits per heavy atom. The highest BCUT2D eigenvalue weighted by Gasteiger charge is 2.08. The van der Waals surface area contributed by atoms with Crippen LogP contribution in [0.15, 0.2) is 78.0 Å². The predicted octanol–water partition coefficient (Wildman–Crippen LogP) is 4.70. The molecule has 0 radical (unpaired) electrons. The van der Waals surface area contributed by atoms with E-state index in [1.54, 1.807) is 54.4 Å². The zero-order valence-corrected chi connectivity index (χ0v) is 15.6. The van der Waals surface area contributed by atoms with Crippen LogP contribution in [-0.4, -0.2) is 22.6 Å². The summed E-state index contributed by atoms with van der Waals surface area (Å²) in [5.74, 6) is 0.531. The second kappa shape index (κ2) is 9.00. The first-order valence-electron chi connectivity index (χ1n) is 8.52. The average Bonchev–Trinajstić information content (AvgIpc) is 2.71. The first kappa shape index (κ1) is 18.7. The highest BCUT2D eigenvalue weighted by Crippen LogP contribution is 2.17. The van der Waals surface area contributed by atoms with E-state index in [4.69, 9.17) is 0 Å². The largest absolute Gasteiger partial charge is 0.322 e. The van der Waals surface area contributed by atoms with Gasteiger partial charge in [-0.2, -0.15) is 0 Å². The fourth-order valence-corrected chi connectivity index (χ4v) is 2.98. The van der Waals surface area contributed by atoms with E-state index < -0.39 is 0 Å². The summed E-state index contributed by atoms with van der Waals surface area (Å²) in [5, 5.41) is 6.55. The Morgan fingerprint density at radius 1 is 0.815 bits per heavy atom. The molecule has 0 aliphatic carbocycles. The van der Waals surface area contributed by atoms with Crippen LogP contribution in [0.5, 0.6) is 0 Å². The van der Waals surface area contributed by atoms with Gasteiger partial charge in [0.25, 0.3) is 11.8 Å². The number of rotatable bonds is 6. The van der Waals surface area contributed by atoms with Gasteiger partial charge in [-0.05, 0) is 54.3 Å². The van der Waals surface area contributed by atoms with E-state index in [1.165, 1.54) is 0 Å². The fraction of sp³-hybridized carbons (Fsp3) is 0.0952. The molecule has 0 aliphatic heterocycles. The summed E-state index contributed by atoms with van der Waals surface area (Å²) >= 11 is 1.65. The number of pyridine rings is 1. The maximum absolute atomic E-state index is 12.3. The maximum atomic E-state index is 12.3. The normalized spacial score (nSPS) is 10.3. The van der Waals surface area contributed by atoms with Gasteiger partial charge in [-0.15, -0.1) is 11.8 Å². The van der Waals surface area contributed by atoms with Crippen LogP contribution in [0.2, 0.25) is 0 Å². The summed E-state index contributed by atoms with van der Waals surface area (Å²) in [5.41, 5.74) is 2.35. The Balaban J connectivity index is 1.61. The van der Waals surface area contributed by atoms with Gasteiger partial charge in [0, 0.05) is 16.8 Å². The van der Waals surface area contributed by atoms with E-state index in [9.17, 15) is 9.59 Å². The third-order valence-corrected chi connectivity index (χ3v) is 4.55. The number of hydrogen-bond acceptors (Lipinski definition) is 4. The van der Waals surface area contributed by atoms with Crippen molar-refractivity contribution in [2.75, 3.05) is 16.4 Å². The SMILES string of the molecule is CCSc1ccc(NC(=O)c2ccc(NC(=O)c3ccccc3)cc2)cn1. The van der Waals surface area contributed by atoms with E-state index in [0.717, 1.165) is 10.8 Å². The van der Waals surface area contributed by atoms with Gasteiger partial charge in [0.05, 0.1) is 16.9 Å². The summed E-state index contributed by atoms with van der Waals surface area (Å²) < 4.78 is 0. The van der Waals surface area contributed by atoms with E-state index >= 15 is 0 Å². The van der Waals surface area contributed by atoms with Crippen LogP contribution in [0, 0.1) is 0 Å². The molecule has 5 nitrogen and oxygen atoms in total. The Kier molecular flexibility index (Phi) is 6.22. The van der Waals surface area contributed by atoms with E-state index in [1.807, 2.05) is 30.3 Å². The van der Waals surface area contributed by atoms with Gasteiger partial charge in [-0.25, -0.2) is 4.98 Å². The van der Waals surface area contributed by atoms with Crippen molar-refractivity contribution in [3.8, 4) is 0 Å². The van der Waals surface area contributed by atoms with Crippen molar-refractivity contribution in [2.24, 2.45) is 0 Å². The third-order valence-electron chi connectivity index (χ3n) is 3.73. The number of benzene rings is 2. The zero-order chi connectivity index (χ0) is 19.1. The molecule has 3 rings (SSSR count). The quantitative estimate of drug-likeness (QED) is 0.611. The second-order valence-electron chi connectivity index (χ2n) is 5.67. The highest BCUT2D eigenvalue weighted by molar-refractivity contribution is 7.99. The topological polar surface area (TPSA) is 71.1 Å². The van der Waals surface area contributed by atoms with Gasteiger partial charge in [0.2, 0.25) is 0 Å². The van der Waals surface area contributed by atoms with Gasteiger partial charge in [0.1, 0.15) is 0 Å². The molecule has 2 aromatic carbocycles. The number of carbonyl (C=O) groups is 2. The minimum Gasteiger partial charge on any atom is -0.322 e. The average molecular weight is 377 g/mol. The van der Waals surface area contributed by atoms with E-state index in [-0.39, 0.29) is 11.8 Å². The van der Waals surface area contributed by atoms with Crippen LogP contribution in [0.4, 0.5) is 11.4 Å². The summed E-state index contributed by atoms with van der Waals surface area (Å²) in [4.78, 5) is 28.8. The lowest BCUT2D eigenvalue weighted by Crippen LogP contribution is -2.13. The Labute approximate surface area is 162 Å². The molecule has 3 aromatic rings. The third kappa shape index (κ3) is 5.18. The summed E-state index contributed by atoms with van der Waals surface area (Å²) in [7, 11) is 0. The number of nitrogens with zero attached hydrogens (tertiary/aromatic N) is 1. The molecule has 0 unspecified atom stereocenters. The molecule has 0 spiro atoms. The molecule has 0 saturated carbocycles. The molecule has 2 N–H and O–H groups in total. The van der Waals surface area contributed by atoms with Gasteiger partial charge >= 0.3 is 0 Å². The van der Waals surface area contributed by atoms with Crippen molar-refractivity contribution >= 4 is 35.0 Å². The number of anilines is 2. The van der Waals surface area contributed by atoms with Crippen LogP contribution < -0.4 is 10.6 Å². The number of carbonyl (C=O) groups excluding carboxylic acids is 2. The van der Waals surface area contributed by atoms with E-state index in [2.05, 4.69) is 22.5 Å². The molecule has 1 heterocycles. The first-order chi connectivity index (χ1) is 13.2. The first-order valence-corrected chi connectivity index (χ1v) is 9.51. The van der Waals surface area contributed by atoms with Crippen LogP contribution in [-0.2, 0) is 0 Å². The molecule has 0 atom stereocenters. The fourth-order valence-electron chi connectivity index (χ4n) is 2.39. The highest BCUT2D eigenvalue weighted by atomic mass is 32.2. The van der Waals surface area contributed by atoms with Gasteiger partial charge in [0.15, 0.2) is 0 Å². The van der Waals surface area contributed by atoms with Crippen molar-refractivity contribution in [3.63, 3.8) is 0 Å². The number of hydrogen-bond donors (Lipinski definition) is 2. The summed E-state index contributed by atoms with van der Waals surface area (Å²) in [6.07, 6.45) is 1.64. The molecule has 2 amide bonds. The molecule has 1 aromatic heterocycles. The van der Waals surface area contributed by atoms with Crippen molar-refractivity contribution in [1.29, 1.82) is 0 Å². The molecule has 0 aliphatic rings. The smallest absolute Gasteiger partial charge is 0.255 e. The van der Waals surface area contributed by atoms with E-state index in [0.29, 0.717) is 22.5 Å². The molecule has 0 saturated heterocycles. The molecule has 136 valence electrons. The lowest BCUT2D eigenvalue weighted by atomic mass is 10.1.